The van der Waals surface area contributed by atoms with E-state index in [2.05, 4.69) is 36.2 Å². The van der Waals surface area contributed by atoms with Crippen LogP contribution >= 0.6 is 0 Å². The van der Waals surface area contributed by atoms with E-state index in [4.69, 9.17) is 14.2 Å². The van der Waals surface area contributed by atoms with Gasteiger partial charge in [-0.1, -0.05) is 32.0 Å². The molecule has 4 rings (SSSR count). The number of ether oxygens (including phenoxy) is 3. The van der Waals surface area contributed by atoms with E-state index in [-0.39, 0.29) is 23.9 Å². The van der Waals surface area contributed by atoms with Crippen molar-refractivity contribution in [3.8, 4) is 17.2 Å². The van der Waals surface area contributed by atoms with Gasteiger partial charge in [0, 0.05) is 12.5 Å². The van der Waals surface area contributed by atoms with E-state index in [9.17, 15) is 4.79 Å². The lowest BCUT2D eigenvalue weighted by molar-refractivity contribution is -0.123. The van der Waals surface area contributed by atoms with Crippen molar-refractivity contribution in [3.63, 3.8) is 0 Å². The number of amides is 1. The molecule has 2 atom stereocenters. The highest BCUT2D eigenvalue weighted by atomic mass is 16.5. The Labute approximate surface area is 190 Å². The van der Waals surface area contributed by atoms with Gasteiger partial charge in [0.1, 0.15) is 5.75 Å². The molecule has 172 valence electrons. The second-order valence-electron chi connectivity index (χ2n) is 8.95. The van der Waals surface area contributed by atoms with Crippen molar-refractivity contribution >= 4 is 5.91 Å². The molecule has 1 N–H and O–H groups in total. The maximum absolute atomic E-state index is 13.0. The van der Waals surface area contributed by atoms with Crippen LogP contribution in [-0.2, 0) is 4.79 Å². The lowest BCUT2D eigenvalue weighted by Gasteiger charge is -2.28. The maximum Gasteiger partial charge on any atom is 0.234 e. The predicted molar refractivity (Wildman–Crippen MR) is 124 cm³/mol. The normalized spacial score (nSPS) is 19.4. The Hall–Kier alpha value is -2.73. The molecule has 0 aromatic heterocycles. The Morgan fingerprint density at radius 2 is 1.84 bits per heavy atom. The number of hydrogen-bond acceptors (Lipinski definition) is 5. The molecule has 0 bridgehead atoms. The first-order valence-electron chi connectivity index (χ1n) is 11.6. The van der Waals surface area contributed by atoms with E-state index in [1.165, 1.54) is 5.56 Å². The summed E-state index contributed by atoms with van der Waals surface area (Å²) in [7, 11) is 1.66. The van der Waals surface area contributed by atoms with Crippen LogP contribution in [0.1, 0.15) is 56.3 Å². The zero-order valence-electron chi connectivity index (χ0n) is 19.3. The van der Waals surface area contributed by atoms with Crippen LogP contribution in [0.15, 0.2) is 42.5 Å². The average molecular weight is 439 g/mol. The Balaban J connectivity index is 1.43. The number of carbonyl (C=O) groups is 1. The molecule has 2 aromatic rings. The first kappa shape index (κ1) is 22.5. The molecule has 2 heterocycles. The lowest BCUT2D eigenvalue weighted by Crippen LogP contribution is -2.40. The summed E-state index contributed by atoms with van der Waals surface area (Å²) in [6.45, 7) is 6.93. The molecule has 0 spiro atoms. The minimum absolute atomic E-state index is 0.0347. The first-order valence-corrected chi connectivity index (χ1v) is 11.6. The van der Waals surface area contributed by atoms with E-state index in [1.807, 2.05) is 30.3 Å². The fourth-order valence-corrected chi connectivity index (χ4v) is 4.63. The molecule has 0 aliphatic carbocycles. The van der Waals surface area contributed by atoms with Crippen molar-refractivity contribution in [2.24, 2.45) is 5.92 Å². The number of fused-ring (bicyclic) bond motifs is 1. The summed E-state index contributed by atoms with van der Waals surface area (Å²) in [6, 6.07) is 14.3. The van der Waals surface area contributed by atoms with Crippen LogP contribution in [0.3, 0.4) is 0 Å². The molecule has 2 aliphatic rings. The second kappa shape index (κ2) is 10.3. The number of nitrogens with zero attached hydrogens (tertiary/aromatic N) is 1. The summed E-state index contributed by atoms with van der Waals surface area (Å²) in [5, 5.41) is 3.26. The van der Waals surface area contributed by atoms with Gasteiger partial charge in [0.15, 0.2) is 11.5 Å². The molecule has 2 aliphatic heterocycles. The number of hydrogen-bond donors (Lipinski definition) is 1. The number of carbonyl (C=O) groups excluding carboxylic acids is 1. The molecule has 0 saturated carbocycles. The minimum Gasteiger partial charge on any atom is -0.497 e. The summed E-state index contributed by atoms with van der Waals surface area (Å²) in [6.07, 6.45) is 3.02. The van der Waals surface area contributed by atoms with Crippen molar-refractivity contribution in [3.05, 3.63) is 53.6 Å². The van der Waals surface area contributed by atoms with Crippen molar-refractivity contribution in [2.45, 2.75) is 45.2 Å². The Morgan fingerprint density at radius 3 is 2.56 bits per heavy atom. The van der Waals surface area contributed by atoms with Crippen molar-refractivity contribution in [2.75, 3.05) is 33.4 Å². The molecule has 6 heteroatoms. The highest BCUT2D eigenvalue weighted by Gasteiger charge is 2.29. The lowest BCUT2D eigenvalue weighted by atomic mass is 9.96. The van der Waals surface area contributed by atoms with E-state index >= 15 is 0 Å². The van der Waals surface area contributed by atoms with E-state index in [1.54, 1.807) is 7.11 Å². The zero-order valence-corrected chi connectivity index (χ0v) is 19.3. The molecular formula is C26H34N2O4. The van der Waals surface area contributed by atoms with Crippen LogP contribution in [0.25, 0.3) is 0 Å². The molecule has 0 radical (unpaired) electrons. The van der Waals surface area contributed by atoms with Gasteiger partial charge in [0.25, 0.3) is 0 Å². The number of nitrogens with one attached hydrogen (secondary N) is 1. The van der Waals surface area contributed by atoms with Crippen LogP contribution in [-0.4, -0.2) is 44.2 Å². The van der Waals surface area contributed by atoms with Gasteiger partial charge in [-0.2, -0.15) is 0 Å². The van der Waals surface area contributed by atoms with Crippen LogP contribution in [0.5, 0.6) is 17.2 Å². The smallest absolute Gasteiger partial charge is 0.234 e. The summed E-state index contributed by atoms with van der Waals surface area (Å²) in [5.41, 5.74) is 2.28. The SMILES string of the molecule is COc1ccc([C@H](NC(=O)CN2CCC[C@@H]2c2ccc3c(c2)OCCCO3)C(C)C)cc1. The summed E-state index contributed by atoms with van der Waals surface area (Å²) < 4.78 is 16.9. The Morgan fingerprint density at radius 1 is 1.09 bits per heavy atom. The van der Waals surface area contributed by atoms with Gasteiger partial charge in [-0.15, -0.1) is 0 Å². The van der Waals surface area contributed by atoms with Gasteiger partial charge < -0.3 is 19.5 Å². The highest BCUT2D eigenvalue weighted by Crippen LogP contribution is 2.37. The Kier molecular flexibility index (Phi) is 7.20. The fourth-order valence-electron chi connectivity index (χ4n) is 4.63. The van der Waals surface area contributed by atoms with Crippen molar-refractivity contribution in [1.29, 1.82) is 0 Å². The van der Waals surface area contributed by atoms with E-state index < -0.39 is 0 Å². The topological polar surface area (TPSA) is 60.0 Å². The molecule has 1 amide bonds. The van der Waals surface area contributed by atoms with Gasteiger partial charge in [0.2, 0.25) is 5.91 Å². The third-order valence-corrected chi connectivity index (χ3v) is 6.32. The molecule has 1 fully saturated rings. The van der Waals surface area contributed by atoms with Crippen LogP contribution in [0.4, 0.5) is 0 Å². The molecule has 32 heavy (non-hydrogen) atoms. The third-order valence-electron chi connectivity index (χ3n) is 6.32. The van der Waals surface area contributed by atoms with Crippen LogP contribution in [0.2, 0.25) is 0 Å². The largest absolute Gasteiger partial charge is 0.497 e. The third kappa shape index (κ3) is 5.18. The number of benzene rings is 2. The zero-order chi connectivity index (χ0) is 22.5. The van der Waals surface area contributed by atoms with Crippen LogP contribution < -0.4 is 19.5 Å². The maximum atomic E-state index is 13.0. The van der Waals surface area contributed by atoms with Crippen LogP contribution in [0, 0.1) is 5.92 Å². The second-order valence-corrected chi connectivity index (χ2v) is 8.95. The van der Waals surface area contributed by atoms with Gasteiger partial charge >= 0.3 is 0 Å². The molecular weight excluding hydrogens is 404 g/mol. The van der Waals surface area contributed by atoms with Crippen molar-refractivity contribution in [1.82, 2.24) is 10.2 Å². The summed E-state index contributed by atoms with van der Waals surface area (Å²) in [5.74, 6) is 2.78. The quantitative estimate of drug-likeness (QED) is 0.689. The molecule has 2 aromatic carbocycles. The minimum atomic E-state index is -0.0347. The summed E-state index contributed by atoms with van der Waals surface area (Å²) >= 11 is 0. The van der Waals surface area contributed by atoms with Crippen molar-refractivity contribution < 1.29 is 19.0 Å². The standard InChI is InChI=1S/C26H34N2O4/c1-18(2)26(19-7-10-21(30-3)11-8-19)27-25(29)17-28-13-4-6-22(28)20-9-12-23-24(16-20)32-15-5-14-31-23/h7-12,16,18,22,26H,4-6,13-15,17H2,1-3H3,(H,27,29)/t22-,26-/m1/s1. The highest BCUT2D eigenvalue weighted by molar-refractivity contribution is 5.78. The van der Waals surface area contributed by atoms with E-state index in [0.29, 0.717) is 19.8 Å². The van der Waals surface area contributed by atoms with E-state index in [0.717, 1.165) is 48.6 Å². The Bertz CT molecular complexity index is 913. The monoisotopic (exact) mass is 438 g/mol. The average Bonchev–Trinajstić information content (AvgIpc) is 3.12. The number of rotatable bonds is 7. The molecule has 6 nitrogen and oxygen atoms in total. The summed E-state index contributed by atoms with van der Waals surface area (Å²) in [4.78, 5) is 15.3. The predicted octanol–water partition coefficient (Wildman–Crippen LogP) is 4.51. The first-order chi connectivity index (χ1) is 15.5. The molecule has 1 saturated heterocycles. The fraction of sp³-hybridized carbons (Fsp3) is 0.500. The van der Waals surface area contributed by atoms with Gasteiger partial charge in [-0.05, 0) is 60.7 Å². The van der Waals surface area contributed by atoms with Gasteiger partial charge in [-0.3, -0.25) is 9.69 Å². The molecule has 0 unspecified atom stereocenters. The number of likely N-dealkylation sites (tertiary alicyclic amines) is 1. The van der Waals surface area contributed by atoms with Gasteiger partial charge in [-0.25, -0.2) is 0 Å². The number of methoxy groups -OCH3 is 1. The van der Waals surface area contributed by atoms with Gasteiger partial charge in [0.05, 0.1) is 32.9 Å².